The van der Waals surface area contributed by atoms with E-state index in [0.717, 1.165) is 17.7 Å². The van der Waals surface area contributed by atoms with E-state index in [-0.39, 0.29) is 17.4 Å². The number of hydrogen-bond acceptors (Lipinski definition) is 2. The monoisotopic (exact) mass is 292 g/mol. The standard InChI is InChI=1S/C18H29FN2/c1-5-20-17(15-10-9-14(2)16(19)13-15)18(21(3)4)11-7-6-8-12-18/h9-10,13,17,20H,5-8,11-12H2,1-4H3. The van der Waals surface area contributed by atoms with Gasteiger partial charge >= 0.3 is 0 Å². The molecule has 1 aliphatic rings. The molecule has 21 heavy (non-hydrogen) atoms. The maximum atomic E-state index is 14.0. The summed E-state index contributed by atoms with van der Waals surface area (Å²) in [7, 11) is 4.33. The second kappa shape index (κ2) is 6.89. The third kappa shape index (κ3) is 3.29. The molecular formula is C18H29FN2. The van der Waals surface area contributed by atoms with E-state index in [9.17, 15) is 4.39 Å². The Hall–Kier alpha value is -0.930. The first kappa shape index (κ1) is 16.4. The zero-order valence-corrected chi connectivity index (χ0v) is 13.9. The summed E-state index contributed by atoms with van der Waals surface area (Å²) < 4.78 is 14.0. The van der Waals surface area contributed by atoms with E-state index in [4.69, 9.17) is 0 Å². The van der Waals surface area contributed by atoms with Gasteiger partial charge in [-0.05, 0) is 57.6 Å². The van der Waals surface area contributed by atoms with Crippen molar-refractivity contribution in [2.75, 3.05) is 20.6 Å². The van der Waals surface area contributed by atoms with Crippen LogP contribution in [0.3, 0.4) is 0 Å². The summed E-state index contributed by atoms with van der Waals surface area (Å²) in [6.07, 6.45) is 6.18. The molecule has 0 aromatic heterocycles. The minimum Gasteiger partial charge on any atom is -0.309 e. The van der Waals surface area contributed by atoms with E-state index in [1.54, 1.807) is 6.07 Å². The second-order valence-electron chi connectivity index (χ2n) is 6.56. The van der Waals surface area contributed by atoms with Crippen LogP contribution in [-0.2, 0) is 0 Å². The van der Waals surface area contributed by atoms with Gasteiger partial charge in [-0.2, -0.15) is 0 Å². The number of hydrogen-bond donors (Lipinski definition) is 1. The Morgan fingerprint density at radius 3 is 2.43 bits per heavy atom. The van der Waals surface area contributed by atoms with E-state index in [2.05, 4.69) is 37.3 Å². The SMILES string of the molecule is CCNC(c1ccc(C)c(F)c1)C1(N(C)C)CCCCC1. The zero-order chi connectivity index (χ0) is 15.5. The molecule has 3 heteroatoms. The van der Waals surface area contributed by atoms with Crippen LogP contribution in [0.4, 0.5) is 4.39 Å². The first-order valence-electron chi connectivity index (χ1n) is 8.18. The molecule has 1 aromatic carbocycles. The molecule has 0 amide bonds. The van der Waals surface area contributed by atoms with E-state index < -0.39 is 0 Å². The predicted octanol–water partition coefficient (Wildman–Crippen LogP) is 4.05. The lowest BCUT2D eigenvalue weighted by Crippen LogP contribution is -2.54. The fourth-order valence-corrected chi connectivity index (χ4v) is 3.77. The number of benzene rings is 1. The van der Waals surface area contributed by atoms with Gasteiger partial charge in [0.25, 0.3) is 0 Å². The van der Waals surface area contributed by atoms with Gasteiger partial charge in [0.2, 0.25) is 0 Å². The Balaban J connectivity index is 2.41. The summed E-state index contributed by atoms with van der Waals surface area (Å²) in [6.45, 7) is 4.85. The van der Waals surface area contributed by atoms with Crippen molar-refractivity contribution in [1.82, 2.24) is 10.2 Å². The molecule has 2 rings (SSSR count). The number of rotatable bonds is 5. The van der Waals surface area contributed by atoms with Gasteiger partial charge in [0.05, 0.1) is 6.04 Å². The van der Waals surface area contributed by atoms with Crippen molar-refractivity contribution >= 4 is 0 Å². The fraction of sp³-hybridized carbons (Fsp3) is 0.667. The van der Waals surface area contributed by atoms with Gasteiger partial charge in [0.1, 0.15) is 5.82 Å². The Bertz CT molecular complexity index is 464. The molecule has 0 radical (unpaired) electrons. The van der Waals surface area contributed by atoms with E-state index in [1.165, 1.54) is 32.1 Å². The molecule has 1 fully saturated rings. The number of aryl methyl sites for hydroxylation is 1. The summed E-state index contributed by atoms with van der Waals surface area (Å²) in [5, 5.41) is 3.63. The van der Waals surface area contributed by atoms with Gasteiger partial charge in [-0.1, -0.05) is 38.3 Å². The minimum absolute atomic E-state index is 0.0932. The number of nitrogens with one attached hydrogen (secondary N) is 1. The van der Waals surface area contributed by atoms with Gasteiger partial charge in [-0.25, -0.2) is 4.39 Å². The quantitative estimate of drug-likeness (QED) is 0.881. The van der Waals surface area contributed by atoms with Gasteiger partial charge in [0, 0.05) is 5.54 Å². The Labute approximate surface area is 128 Å². The molecule has 1 aromatic rings. The molecule has 1 atom stereocenters. The molecule has 0 bridgehead atoms. The molecule has 0 saturated heterocycles. The van der Waals surface area contributed by atoms with Gasteiger partial charge in [-0.15, -0.1) is 0 Å². The predicted molar refractivity (Wildman–Crippen MR) is 87.1 cm³/mol. The highest BCUT2D eigenvalue weighted by Crippen LogP contribution is 2.42. The normalized spacial score (nSPS) is 19.7. The summed E-state index contributed by atoms with van der Waals surface area (Å²) >= 11 is 0. The van der Waals surface area contributed by atoms with Crippen molar-refractivity contribution in [3.63, 3.8) is 0 Å². The molecule has 1 saturated carbocycles. The largest absolute Gasteiger partial charge is 0.309 e. The lowest BCUT2D eigenvalue weighted by atomic mass is 9.73. The summed E-state index contributed by atoms with van der Waals surface area (Å²) in [5.74, 6) is -0.0971. The topological polar surface area (TPSA) is 15.3 Å². The molecule has 1 unspecified atom stereocenters. The molecule has 0 heterocycles. The van der Waals surface area contributed by atoms with E-state index in [1.807, 2.05) is 13.0 Å². The number of likely N-dealkylation sites (N-methyl/N-ethyl adjacent to an activating group) is 2. The maximum Gasteiger partial charge on any atom is 0.126 e. The van der Waals surface area contributed by atoms with Crippen molar-refractivity contribution in [2.45, 2.75) is 57.5 Å². The Morgan fingerprint density at radius 2 is 1.90 bits per heavy atom. The number of halogens is 1. The van der Waals surface area contributed by atoms with Crippen molar-refractivity contribution < 1.29 is 4.39 Å². The van der Waals surface area contributed by atoms with Crippen LogP contribution in [0.15, 0.2) is 18.2 Å². The van der Waals surface area contributed by atoms with Crippen molar-refractivity contribution in [2.24, 2.45) is 0 Å². The Kier molecular flexibility index (Phi) is 5.39. The van der Waals surface area contributed by atoms with Crippen LogP contribution in [0.1, 0.15) is 56.2 Å². The Morgan fingerprint density at radius 1 is 1.24 bits per heavy atom. The number of nitrogens with zero attached hydrogens (tertiary/aromatic N) is 1. The van der Waals surface area contributed by atoms with Crippen LogP contribution in [0.25, 0.3) is 0 Å². The molecule has 0 aliphatic heterocycles. The van der Waals surface area contributed by atoms with Crippen molar-refractivity contribution in [3.8, 4) is 0 Å². The van der Waals surface area contributed by atoms with E-state index in [0.29, 0.717) is 0 Å². The fourth-order valence-electron chi connectivity index (χ4n) is 3.77. The lowest BCUT2D eigenvalue weighted by Gasteiger charge is -2.49. The summed E-state index contributed by atoms with van der Waals surface area (Å²) in [5.41, 5.74) is 1.89. The minimum atomic E-state index is -0.0971. The third-order valence-corrected chi connectivity index (χ3v) is 5.08. The van der Waals surface area contributed by atoms with Gasteiger partial charge < -0.3 is 10.2 Å². The first-order valence-corrected chi connectivity index (χ1v) is 8.18. The highest BCUT2D eigenvalue weighted by atomic mass is 19.1. The van der Waals surface area contributed by atoms with Gasteiger partial charge in [0.15, 0.2) is 0 Å². The first-order chi connectivity index (χ1) is 10.0. The third-order valence-electron chi connectivity index (χ3n) is 5.08. The van der Waals surface area contributed by atoms with Crippen LogP contribution in [0.2, 0.25) is 0 Å². The van der Waals surface area contributed by atoms with Crippen LogP contribution in [0.5, 0.6) is 0 Å². The van der Waals surface area contributed by atoms with Gasteiger partial charge in [-0.3, -0.25) is 0 Å². The molecular weight excluding hydrogens is 263 g/mol. The molecule has 0 spiro atoms. The van der Waals surface area contributed by atoms with Crippen LogP contribution in [-0.4, -0.2) is 31.1 Å². The van der Waals surface area contributed by atoms with Crippen LogP contribution < -0.4 is 5.32 Å². The van der Waals surface area contributed by atoms with Crippen LogP contribution >= 0.6 is 0 Å². The highest BCUT2D eigenvalue weighted by Gasteiger charge is 2.42. The van der Waals surface area contributed by atoms with Crippen molar-refractivity contribution in [3.05, 3.63) is 35.1 Å². The molecule has 1 N–H and O–H groups in total. The smallest absolute Gasteiger partial charge is 0.126 e. The molecule has 2 nitrogen and oxygen atoms in total. The molecule has 1 aliphatic carbocycles. The van der Waals surface area contributed by atoms with E-state index >= 15 is 0 Å². The lowest BCUT2D eigenvalue weighted by molar-refractivity contribution is 0.0569. The van der Waals surface area contributed by atoms with Crippen LogP contribution in [0, 0.1) is 12.7 Å². The average Bonchev–Trinajstić information content (AvgIpc) is 2.48. The maximum absolute atomic E-state index is 14.0. The second-order valence-corrected chi connectivity index (χ2v) is 6.56. The summed E-state index contributed by atoms with van der Waals surface area (Å²) in [6, 6.07) is 5.91. The van der Waals surface area contributed by atoms with Crippen molar-refractivity contribution in [1.29, 1.82) is 0 Å². The molecule has 118 valence electrons. The highest BCUT2D eigenvalue weighted by molar-refractivity contribution is 5.29. The zero-order valence-electron chi connectivity index (χ0n) is 13.9. The summed E-state index contributed by atoms with van der Waals surface area (Å²) in [4.78, 5) is 2.36. The average molecular weight is 292 g/mol.